The number of ether oxygens (including phenoxy) is 1. The van der Waals surface area contributed by atoms with Crippen molar-refractivity contribution < 1.29 is 14.1 Å². The van der Waals surface area contributed by atoms with E-state index < -0.39 is 0 Å². The lowest BCUT2D eigenvalue weighted by atomic mass is 10.1. The highest BCUT2D eigenvalue weighted by Gasteiger charge is 2.34. The zero-order valence-electron chi connectivity index (χ0n) is 14.1. The standard InChI is InChI=1S/C16H22N6O3/c1-10-19-14(21-25-10)8-17-16(23)20-12-5-7-24-15(12)13-4-6-18-22(13)9-11-2-3-11/h4,6,11-12,15H,2-3,5,7-9H2,1H3,(H2,17,20,23)/t12-,15-/m1/s1. The summed E-state index contributed by atoms with van der Waals surface area (Å²) in [5.41, 5.74) is 1.03. The number of carbonyl (C=O) groups is 1. The molecule has 25 heavy (non-hydrogen) atoms. The highest BCUT2D eigenvalue weighted by Crippen LogP contribution is 2.34. The monoisotopic (exact) mass is 346 g/mol. The minimum absolute atomic E-state index is 0.0818. The molecule has 2 fully saturated rings. The molecular formula is C16H22N6O3. The van der Waals surface area contributed by atoms with E-state index in [1.54, 1.807) is 13.1 Å². The van der Waals surface area contributed by atoms with E-state index in [2.05, 4.69) is 25.9 Å². The van der Waals surface area contributed by atoms with Crippen LogP contribution >= 0.6 is 0 Å². The SMILES string of the molecule is Cc1nc(CNC(=O)N[C@@H]2CCO[C@H]2c2ccnn2CC2CC2)no1. The van der Waals surface area contributed by atoms with Crippen molar-refractivity contribution in [2.75, 3.05) is 6.61 Å². The fourth-order valence-corrected chi connectivity index (χ4v) is 3.10. The third-order valence-electron chi connectivity index (χ3n) is 4.55. The third kappa shape index (κ3) is 3.81. The number of hydrogen-bond donors (Lipinski definition) is 2. The van der Waals surface area contributed by atoms with Crippen molar-refractivity contribution in [3.05, 3.63) is 29.7 Å². The van der Waals surface area contributed by atoms with Crippen LogP contribution < -0.4 is 10.6 Å². The molecule has 2 atom stereocenters. The van der Waals surface area contributed by atoms with Gasteiger partial charge in [-0.3, -0.25) is 4.68 Å². The van der Waals surface area contributed by atoms with Crippen molar-refractivity contribution in [2.24, 2.45) is 5.92 Å². The number of hydrogen-bond acceptors (Lipinski definition) is 6. The predicted molar refractivity (Wildman–Crippen MR) is 86.5 cm³/mol. The maximum atomic E-state index is 12.2. The van der Waals surface area contributed by atoms with Gasteiger partial charge in [0, 0.05) is 26.3 Å². The highest BCUT2D eigenvalue weighted by atomic mass is 16.5. The van der Waals surface area contributed by atoms with E-state index in [0.717, 1.165) is 24.6 Å². The van der Waals surface area contributed by atoms with Crippen LogP contribution in [0.2, 0.25) is 0 Å². The van der Waals surface area contributed by atoms with Crippen molar-refractivity contribution in [1.82, 2.24) is 30.6 Å². The van der Waals surface area contributed by atoms with E-state index in [9.17, 15) is 4.79 Å². The molecule has 2 aromatic heterocycles. The zero-order chi connectivity index (χ0) is 17.2. The van der Waals surface area contributed by atoms with Crippen LogP contribution in [0.1, 0.15) is 42.8 Å². The molecule has 2 aromatic rings. The second kappa shape index (κ2) is 6.83. The van der Waals surface area contributed by atoms with Crippen molar-refractivity contribution in [3.8, 4) is 0 Å². The number of rotatable bonds is 6. The normalized spacial score (nSPS) is 22.9. The van der Waals surface area contributed by atoms with E-state index in [1.807, 2.05) is 10.7 Å². The lowest BCUT2D eigenvalue weighted by Crippen LogP contribution is -2.43. The fraction of sp³-hybridized carbons (Fsp3) is 0.625. The van der Waals surface area contributed by atoms with Crippen molar-refractivity contribution in [3.63, 3.8) is 0 Å². The summed E-state index contributed by atoms with van der Waals surface area (Å²) in [6.45, 7) is 3.48. The molecular weight excluding hydrogens is 324 g/mol. The Morgan fingerprint density at radius 3 is 3.04 bits per heavy atom. The summed E-state index contributed by atoms with van der Waals surface area (Å²) in [5, 5.41) is 13.9. The van der Waals surface area contributed by atoms with E-state index >= 15 is 0 Å². The third-order valence-corrected chi connectivity index (χ3v) is 4.55. The molecule has 134 valence electrons. The number of carbonyl (C=O) groups excluding carboxylic acids is 1. The van der Waals surface area contributed by atoms with Crippen LogP contribution in [0, 0.1) is 12.8 Å². The van der Waals surface area contributed by atoms with E-state index in [4.69, 9.17) is 9.26 Å². The molecule has 2 amide bonds. The van der Waals surface area contributed by atoms with Crippen LogP contribution in [-0.2, 0) is 17.8 Å². The molecule has 1 aliphatic carbocycles. The van der Waals surface area contributed by atoms with Gasteiger partial charge in [0.05, 0.1) is 18.3 Å². The smallest absolute Gasteiger partial charge is 0.315 e. The zero-order valence-corrected chi connectivity index (χ0v) is 14.1. The number of amides is 2. The highest BCUT2D eigenvalue weighted by molar-refractivity contribution is 5.74. The summed E-state index contributed by atoms with van der Waals surface area (Å²) in [4.78, 5) is 16.2. The maximum absolute atomic E-state index is 12.2. The summed E-state index contributed by atoms with van der Waals surface area (Å²) < 4.78 is 12.8. The summed E-state index contributed by atoms with van der Waals surface area (Å²) in [6.07, 6.45) is 4.94. The van der Waals surface area contributed by atoms with Crippen LogP contribution in [0.3, 0.4) is 0 Å². The molecule has 0 aromatic carbocycles. The van der Waals surface area contributed by atoms with Crippen LogP contribution in [0.25, 0.3) is 0 Å². The molecule has 0 radical (unpaired) electrons. The van der Waals surface area contributed by atoms with Crippen LogP contribution in [0.5, 0.6) is 0 Å². The summed E-state index contributed by atoms with van der Waals surface area (Å²) in [5.74, 6) is 1.66. The van der Waals surface area contributed by atoms with Gasteiger partial charge in [-0.25, -0.2) is 4.79 Å². The van der Waals surface area contributed by atoms with Gasteiger partial charge in [-0.2, -0.15) is 10.1 Å². The van der Waals surface area contributed by atoms with Crippen molar-refractivity contribution in [1.29, 1.82) is 0 Å². The number of aryl methyl sites for hydroxylation is 1. The van der Waals surface area contributed by atoms with Gasteiger partial charge in [0.25, 0.3) is 0 Å². The number of nitrogens with zero attached hydrogens (tertiary/aromatic N) is 4. The molecule has 4 rings (SSSR count). The molecule has 1 saturated heterocycles. The molecule has 1 saturated carbocycles. The van der Waals surface area contributed by atoms with Crippen LogP contribution in [-0.4, -0.2) is 38.6 Å². The average Bonchev–Trinajstić information content (AvgIpc) is 2.97. The van der Waals surface area contributed by atoms with Gasteiger partial charge in [-0.15, -0.1) is 0 Å². The largest absolute Gasteiger partial charge is 0.370 e. The lowest BCUT2D eigenvalue weighted by molar-refractivity contribution is 0.0921. The van der Waals surface area contributed by atoms with E-state index in [0.29, 0.717) is 18.3 Å². The second-order valence-electron chi connectivity index (χ2n) is 6.62. The van der Waals surface area contributed by atoms with E-state index in [-0.39, 0.29) is 24.7 Å². The Bertz CT molecular complexity index is 738. The average molecular weight is 346 g/mol. The van der Waals surface area contributed by atoms with Gasteiger partial charge in [0.2, 0.25) is 5.89 Å². The molecule has 0 bridgehead atoms. The van der Waals surface area contributed by atoms with E-state index in [1.165, 1.54) is 12.8 Å². The molecule has 0 spiro atoms. The molecule has 0 unspecified atom stereocenters. The minimum Gasteiger partial charge on any atom is -0.370 e. The Hall–Kier alpha value is -2.42. The molecule has 1 aliphatic heterocycles. The number of nitrogens with one attached hydrogen (secondary N) is 2. The number of urea groups is 1. The molecule has 9 heteroatoms. The van der Waals surface area contributed by atoms with Gasteiger partial charge in [0.15, 0.2) is 5.82 Å². The topological polar surface area (TPSA) is 107 Å². The molecule has 2 aliphatic rings. The first-order valence-corrected chi connectivity index (χ1v) is 8.66. The predicted octanol–water partition coefficient (Wildman–Crippen LogP) is 1.31. The first kappa shape index (κ1) is 16.1. The van der Waals surface area contributed by atoms with Crippen molar-refractivity contribution >= 4 is 6.03 Å². The maximum Gasteiger partial charge on any atom is 0.315 e. The van der Waals surface area contributed by atoms with Gasteiger partial charge in [-0.1, -0.05) is 5.16 Å². The lowest BCUT2D eigenvalue weighted by Gasteiger charge is -2.21. The molecule has 2 N–H and O–H groups in total. The van der Waals surface area contributed by atoms with Gasteiger partial charge >= 0.3 is 6.03 Å². The summed E-state index contributed by atoms with van der Waals surface area (Å²) >= 11 is 0. The van der Waals surface area contributed by atoms with Gasteiger partial charge in [0.1, 0.15) is 6.10 Å². The molecule has 3 heterocycles. The Balaban J connectivity index is 1.34. The van der Waals surface area contributed by atoms with Gasteiger partial charge in [-0.05, 0) is 31.2 Å². The first-order chi connectivity index (χ1) is 12.2. The Morgan fingerprint density at radius 1 is 1.40 bits per heavy atom. The van der Waals surface area contributed by atoms with Crippen molar-refractivity contribution in [2.45, 2.75) is 51.4 Å². The van der Waals surface area contributed by atoms with Gasteiger partial charge < -0.3 is 19.9 Å². The second-order valence-corrected chi connectivity index (χ2v) is 6.62. The summed E-state index contributed by atoms with van der Waals surface area (Å²) in [6, 6.07) is 1.63. The van der Waals surface area contributed by atoms with Crippen LogP contribution in [0.4, 0.5) is 4.79 Å². The quantitative estimate of drug-likeness (QED) is 0.817. The Kier molecular flexibility index (Phi) is 4.39. The fourth-order valence-electron chi connectivity index (χ4n) is 3.10. The number of aromatic nitrogens is 4. The summed E-state index contributed by atoms with van der Waals surface area (Å²) in [7, 11) is 0. The van der Waals surface area contributed by atoms with Crippen LogP contribution in [0.15, 0.2) is 16.8 Å². The first-order valence-electron chi connectivity index (χ1n) is 8.66. The molecule has 9 nitrogen and oxygen atoms in total. The Morgan fingerprint density at radius 2 is 2.28 bits per heavy atom. The Labute approximate surface area is 145 Å². The minimum atomic E-state index is -0.267.